The van der Waals surface area contributed by atoms with Gasteiger partial charge < -0.3 is 19.7 Å². The molecule has 310 valence electrons. The molecule has 0 bridgehead atoms. The molecule has 2 N–H and O–H groups in total. The first-order valence-corrected chi connectivity index (χ1v) is 21.1. The van der Waals surface area contributed by atoms with Gasteiger partial charge in [0.15, 0.2) is 0 Å². The number of phenolic OH excluding ortho intramolecular Hbond substituents is 2. The van der Waals surface area contributed by atoms with E-state index in [9.17, 15) is 10.2 Å². The predicted molar refractivity (Wildman–Crippen MR) is 247 cm³/mol. The second kappa shape index (κ2) is 16.6. The zero-order valence-electron chi connectivity index (χ0n) is 38.5. The van der Waals surface area contributed by atoms with Crippen molar-refractivity contribution in [2.45, 2.75) is 138 Å². The number of ether oxygens (including phenoxy) is 2. The van der Waals surface area contributed by atoms with E-state index in [0.717, 1.165) is 62.9 Å². The Morgan fingerprint density at radius 1 is 0.397 bits per heavy atom. The number of unbranched alkanes of at least 4 members (excludes halogenated alkanes) is 1. The molecule has 0 amide bonds. The molecule has 5 aromatic rings. The first-order valence-electron chi connectivity index (χ1n) is 21.1. The van der Waals surface area contributed by atoms with Crippen LogP contribution in [0.3, 0.4) is 0 Å². The minimum absolute atomic E-state index is 0.0788. The molecule has 0 heterocycles. The van der Waals surface area contributed by atoms with Crippen LogP contribution in [0.4, 0.5) is 0 Å². The fourth-order valence-corrected chi connectivity index (χ4v) is 7.56. The van der Waals surface area contributed by atoms with Gasteiger partial charge in [-0.3, -0.25) is 0 Å². The van der Waals surface area contributed by atoms with Crippen molar-refractivity contribution >= 4 is 0 Å². The number of rotatable bonds is 10. The molecule has 0 aliphatic carbocycles. The number of phenols is 2. The summed E-state index contributed by atoms with van der Waals surface area (Å²) in [6.45, 7) is 34.2. The molecule has 0 aliphatic rings. The van der Waals surface area contributed by atoms with Crippen LogP contribution >= 0.6 is 0 Å². The van der Waals surface area contributed by atoms with Gasteiger partial charge in [-0.1, -0.05) is 119 Å². The molecule has 0 aliphatic heterocycles. The first kappa shape index (κ1) is 44.6. The molecule has 0 spiro atoms. The molecule has 0 unspecified atom stereocenters. The summed E-state index contributed by atoms with van der Waals surface area (Å²) in [5, 5.41) is 25.0. The third kappa shape index (κ3) is 10.0. The van der Waals surface area contributed by atoms with Crippen molar-refractivity contribution in [3.63, 3.8) is 0 Å². The van der Waals surface area contributed by atoms with Crippen LogP contribution in [0.15, 0.2) is 72.8 Å². The number of aryl methyl sites for hydroxylation is 3. The molecule has 0 atom stereocenters. The Kier molecular flexibility index (Phi) is 12.8. The third-order valence-corrected chi connectivity index (χ3v) is 11.3. The number of hydrogen-bond acceptors (Lipinski definition) is 4. The van der Waals surface area contributed by atoms with Crippen LogP contribution in [-0.2, 0) is 26.4 Å². The number of methoxy groups -OCH3 is 1. The molecule has 58 heavy (non-hydrogen) atoms. The summed E-state index contributed by atoms with van der Waals surface area (Å²) in [5.41, 5.74) is 14.2. The standard InChI is InChI=1S/C54H70O4/c1-33-21-42(36-27-38(51(4,5)6)31-39(28-36)52(7,8)9)48(55)44(23-33)46-25-35(3)26-47(50(46)58-20-18-17-19-57-16)45-24-34(2)22-43(49(45)56)37-29-40(53(10,11)12)32-41(30-37)54(13,14)15/h21-32,55-56H,17-20H2,1-16H3. The van der Waals surface area contributed by atoms with Gasteiger partial charge in [0.2, 0.25) is 0 Å². The van der Waals surface area contributed by atoms with Crippen LogP contribution in [0.5, 0.6) is 17.2 Å². The zero-order valence-corrected chi connectivity index (χ0v) is 38.5. The van der Waals surface area contributed by atoms with Gasteiger partial charge >= 0.3 is 0 Å². The van der Waals surface area contributed by atoms with Gasteiger partial charge in [0, 0.05) is 47.1 Å². The monoisotopic (exact) mass is 783 g/mol. The summed E-state index contributed by atoms with van der Waals surface area (Å²) in [4.78, 5) is 0. The van der Waals surface area contributed by atoms with Crippen molar-refractivity contribution in [1.29, 1.82) is 0 Å². The van der Waals surface area contributed by atoms with Gasteiger partial charge in [-0.2, -0.15) is 0 Å². The Morgan fingerprint density at radius 3 is 1.00 bits per heavy atom. The largest absolute Gasteiger partial charge is 0.507 e. The van der Waals surface area contributed by atoms with E-state index >= 15 is 0 Å². The lowest BCUT2D eigenvalue weighted by atomic mass is 9.78. The molecule has 5 aromatic carbocycles. The SMILES string of the molecule is COCCCCOc1c(-c2cc(C)cc(-c3cc(C(C)(C)C)cc(C(C)(C)C)c3)c2O)cc(C)cc1-c1cc(C)cc(-c2cc(C(C)(C)C)cc(C(C)(C)C)c2)c1O. The zero-order chi connectivity index (χ0) is 43.1. The summed E-state index contributed by atoms with van der Waals surface area (Å²) in [6.07, 6.45) is 1.65. The lowest BCUT2D eigenvalue weighted by Gasteiger charge is -2.27. The molecular formula is C54H70O4. The van der Waals surface area contributed by atoms with Crippen LogP contribution in [0, 0.1) is 20.8 Å². The van der Waals surface area contributed by atoms with Crippen LogP contribution in [0.2, 0.25) is 0 Å². The molecule has 0 fully saturated rings. The van der Waals surface area contributed by atoms with Crippen molar-refractivity contribution < 1.29 is 19.7 Å². The molecule has 5 rings (SSSR count). The average Bonchev–Trinajstić information content (AvgIpc) is 3.11. The predicted octanol–water partition coefficient (Wildman–Crippen LogP) is 14.7. The van der Waals surface area contributed by atoms with Crippen LogP contribution in [-0.4, -0.2) is 30.5 Å². The molecule has 0 aromatic heterocycles. The highest BCUT2D eigenvalue weighted by molar-refractivity contribution is 5.93. The minimum Gasteiger partial charge on any atom is -0.507 e. The van der Waals surface area contributed by atoms with Crippen molar-refractivity contribution in [1.82, 2.24) is 0 Å². The number of benzene rings is 5. The molecular weight excluding hydrogens is 713 g/mol. The molecule has 0 saturated carbocycles. The van der Waals surface area contributed by atoms with Crippen LogP contribution in [0.1, 0.15) is 135 Å². The van der Waals surface area contributed by atoms with Crippen molar-refractivity contribution in [3.05, 3.63) is 112 Å². The maximum atomic E-state index is 12.5. The number of hydrogen-bond donors (Lipinski definition) is 2. The normalized spacial score (nSPS) is 12.6. The first-order chi connectivity index (χ1) is 26.8. The van der Waals surface area contributed by atoms with Gasteiger partial charge in [-0.15, -0.1) is 0 Å². The van der Waals surface area contributed by atoms with E-state index in [2.05, 4.69) is 177 Å². The van der Waals surface area contributed by atoms with Gasteiger partial charge in [-0.05, 0) is 142 Å². The van der Waals surface area contributed by atoms with Gasteiger partial charge in [0.1, 0.15) is 17.2 Å². The fourth-order valence-electron chi connectivity index (χ4n) is 7.56. The van der Waals surface area contributed by atoms with Crippen molar-refractivity contribution in [2.24, 2.45) is 0 Å². The highest BCUT2D eigenvalue weighted by Crippen LogP contribution is 2.50. The Balaban J connectivity index is 1.81. The Hall–Kier alpha value is -4.54. The third-order valence-electron chi connectivity index (χ3n) is 11.3. The van der Waals surface area contributed by atoms with Crippen molar-refractivity contribution in [2.75, 3.05) is 20.3 Å². The van der Waals surface area contributed by atoms with E-state index in [4.69, 9.17) is 9.47 Å². The maximum Gasteiger partial charge on any atom is 0.135 e. The summed E-state index contributed by atoms with van der Waals surface area (Å²) in [6, 6.07) is 26.0. The average molecular weight is 783 g/mol. The van der Waals surface area contributed by atoms with E-state index in [0.29, 0.717) is 30.1 Å². The summed E-state index contributed by atoms with van der Waals surface area (Å²) in [5.74, 6) is 1.06. The van der Waals surface area contributed by atoms with Gasteiger partial charge in [0.25, 0.3) is 0 Å². The van der Waals surface area contributed by atoms with E-state index in [1.54, 1.807) is 7.11 Å². The Morgan fingerprint density at radius 2 is 0.690 bits per heavy atom. The minimum atomic E-state index is -0.0788. The molecule has 0 saturated heterocycles. The van der Waals surface area contributed by atoms with Gasteiger partial charge in [-0.25, -0.2) is 0 Å². The Labute approximate surface area is 350 Å². The van der Waals surface area contributed by atoms with Crippen LogP contribution < -0.4 is 4.74 Å². The van der Waals surface area contributed by atoms with E-state index in [-0.39, 0.29) is 33.2 Å². The van der Waals surface area contributed by atoms with Gasteiger partial charge in [0.05, 0.1) is 6.61 Å². The number of aromatic hydroxyl groups is 2. The summed E-state index contributed by atoms with van der Waals surface area (Å²) in [7, 11) is 1.72. The lowest BCUT2D eigenvalue weighted by Crippen LogP contribution is -2.16. The van der Waals surface area contributed by atoms with E-state index in [1.165, 1.54) is 22.3 Å². The second-order valence-electron chi connectivity index (χ2n) is 20.8. The molecule has 0 radical (unpaired) electrons. The quantitative estimate of drug-likeness (QED) is 0.139. The lowest BCUT2D eigenvalue weighted by molar-refractivity contribution is 0.184. The highest BCUT2D eigenvalue weighted by Gasteiger charge is 2.27. The fraction of sp³-hybridized carbons (Fsp3) is 0.444. The Bertz CT molecular complexity index is 2060. The summed E-state index contributed by atoms with van der Waals surface area (Å²) < 4.78 is 12.2. The van der Waals surface area contributed by atoms with Crippen molar-refractivity contribution in [3.8, 4) is 61.8 Å². The molecule has 4 heteroatoms. The maximum absolute atomic E-state index is 12.5. The topological polar surface area (TPSA) is 58.9 Å². The highest BCUT2D eigenvalue weighted by atomic mass is 16.5. The summed E-state index contributed by atoms with van der Waals surface area (Å²) >= 11 is 0. The smallest absolute Gasteiger partial charge is 0.135 e. The van der Waals surface area contributed by atoms with Crippen LogP contribution in [0.25, 0.3) is 44.5 Å². The molecule has 4 nitrogen and oxygen atoms in total. The van der Waals surface area contributed by atoms with E-state index in [1.807, 2.05) is 0 Å². The second-order valence-corrected chi connectivity index (χ2v) is 20.8. The van der Waals surface area contributed by atoms with E-state index < -0.39 is 0 Å².